The molecule has 0 amide bonds. The highest BCUT2D eigenvalue weighted by atomic mass is 35.5. The summed E-state index contributed by atoms with van der Waals surface area (Å²) in [6, 6.07) is 0. The van der Waals surface area contributed by atoms with E-state index in [1.165, 1.54) is 0 Å². The highest BCUT2D eigenvalue weighted by Crippen LogP contribution is 2.29. The van der Waals surface area contributed by atoms with E-state index in [2.05, 4.69) is 11.9 Å². The van der Waals surface area contributed by atoms with Crippen molar-refractivity contribution in [3.05, 3.63) is 11.9 Å². The van der Waals surface area contributed by atoms with Crippen LogP contribution in [0.15, 0.2) is 11.9 Å². The van der Waals surface area contributed by atoms with Crippen molar-refractivity contribution in [2.45, 2.75) is 6.18 Å². The maximum atomic E-state index is 11.0. The Bertz CT molecular complexity index is 135. The van der Waals surface area contributed by atoms with Crippen molar-refractivity contribution < 1.29 is 31.0 Å². The fourth-order valence-corrected chi connectivity index (χ4v) is 0.107. The predicted octanol–water partition coefficient (Wildman–Crippen LogP) is 2.76. The SMILES string of the molecule is FC(F)=C(F)C(F)(F)F.OCl. The molecule has 0 aliphatic carbocycles. The molecule has 0 heterocycles. The molecule has 11 heavy (non-hydrogen) atoms. The Balaban J connectivity index is 0. The lowest BCUT2D eigenvalue weighted by molar-refractivity contribution is -0.113. The van der Waals surface area contributed by atoms with Gasteiger partial charge in [-0.05, 0) is 0 Å². The molecule has 68 valence electrons. The molecule has 0 spiro atoms. The van der Waals surface area contributed by atoms with Crippen LogP contribution in [0.2, 0.25) is 0 Å². The Kier molecular flexibility index (Phi) is 6.29. The van der Waals surface area contributed by atoms with Crippen LogP contribution in [0.5, 0.6) is 0 Å². The third-order valence-electron chi connectivity index (χ3n) is 0.415. The molecule has 0 saturated carbocycles. The van der Waals surface area contributed by atoms with E-state index in [9.17, 15) is 26.3 Å². The Morgan fingerprint density at radius 2 is 1.27 bits per heavy atom. The molecule has 0 aromatic heterocycles. The van der Waals surface area contributed by atoms with Crippen molar-refractivity contribution in [3.63, 3.8) is 0 Å². The lowest BCUT2D eigenvalue weighted by Crippen LogP contribution is -2.08. The first-order valence-electron chi connectivity index (χ1n) is 1.80. The predicted molar refractivity (Wildman–Crippen MR) is 24.5 cm³/mol. The molecule has 0 aliphatic rings. The molecule has 0 aromatic carbocycles. The van der Waals surface area contributed by atoms with E-state index in [1.54, 1.807) is 0 Å². The van der Waals surface area contributed by atoms with Gasteiger partial charge in [-0.15, -0.1) is 0 Å². The van der Waals surface area contributed by atoms with Crippen LogP contribution in [0.25, 0.3) is 0 Å². The highest BCUT2D eigenvalue weighted by molar-refractivity contribution is 6.04. The van der Waals surface area contributed by atoms with Gasteiger partial charge in [-0.2, -0.15) is 26.3 Å². The lowest BCUT2D eigenvalue weighted by atomic mass is 10.6. The monoisotopic (exact) mass is 202 g/mol. The van der Waals surface area contributed by atoms with Gasteiger partial charge in [-0.3, -0.25) is 4.66 Å². The van der Waals surface area contributed by atoms with Gasteiger partial charge in [0.1, 0.15) is 0 Å². The summed E-state index contributed by atoms with van der Waals surface area (Å²) < 4.78 is 71.3. The van der Waals surface area contributed by atoms with E-state index in [1.807, 2.05) is 0 Å². The molecule has 0 unspecified atom stereocenters. The van der Waals surface area contributed by atoms with Crippen LogP contribution in [-0.2, 0) is 0 Å². The van der Waals surface area contributed by atoms with Gasteiger partial charge in [0.2, 0.25) is 0 Å². The number of halogens is 7. The zero-order chi connectivity index (χ0) is 9.65. The van der Waals surface area contributed by atoms with E-state index in [0.29, 0.717) is 0 Å². The summed E-state index contributed by atoms with van der Waals surface area (Å²) in [6.45, 7) is 0. The topological polar surface area (TPSA) is 20.2 Å². The zero-order valence-electron chi connectivity index (χ0n) is 4.59. The molecule has 0 rings (SSSR count). The second-order valence-electron chi connectivity index (χ2n) is 1.07. The van der Waals surface area contributed by atoms with Gasteiger partial charge in [-0.25, -0.2) is 0 Å². The average molecular weight is 202 g/mol. The summed E-state index contributed by atoms with van der Waals surface area (Å²) >= 11 is 3.64. The standard InChI is InChI=1S/C3F6.ClHO/c4-1(2(5)6)3(7,8)9;1-2/h;2H. The maximum absolute atomic E-state index is 11.0. The highest BCUT2D eigenvalue weighted by Gasteiger charge is 2.38. The third kappa shape index (κ3) is 5.99. The zero-order valence-corrected chi connectivity index (χ0v) is 5.35. The number of rotatable bonds is 0. The summed E-state index contributed by atoms with van der Waals surface area (Å²) in [5.41, 5.74) is 0. The van der Waals surface area contributed by atoms with E-state index in [0.717, 1.165) is 0 Å². The summed E-state index contributed by atoms with van der Waals surface area (Å²) in [4.78, 5) is 0. The van der Waals surface area contributed by atoms with Crippen molar-refractivity contribution in [1.29, 1.82) is 0 Å². The Morgan fingerprint density at radius 1 is 1.00 bits per heavy atom. The number of hydrogen-bond donors (Lipinski definition) is 1. The average Bonchev–Trinajstić information content (AvgIpc) is 1.89. The van der Waals surface area contributed by atoms with Gasteiger partial charge in [-0.1, -0.05) is 0 Å². The summed E-state index contributed by atoms with van der Waals surface area (Å²) in [5.74, 6) is -3.33. The maximum Gasteiger partial charge on any atom is 0.448 e. The quantitative estimate of drug-likeness (QED) is 0.599. The van der Waals surface area contributed by atoms with Crippen LogP contribution < -0.4 is 0 Å². The fourth-order valence-electron chi connectivity index (χ4n) is 0.107. The van der Waals surface area contributed by atoms with Crippen LogP contribution in [0.4, 0.5) is 26.3 Å². The van der Waals surface area contributed by atoms with E-state index in [4.69, 9.17) is 4.66 Å². The van der Waals surface area contributed by atoms with Crippen molar-refractivity contribution in [2.24, 2.45) is 0 Å². The normalized spacial score (nSPS) is 9.82. The summed E-state index contributed by atoms with van der Waals surface area (Å²) in [6.07, 6.45) is -8.90. The second kappa shape index (κ2) is 5.25. The van der Waals surface area contributed by atoms with Crippen LogP contribution in [0, 0.1) is 0 Å². The van der Waals surface area contributed by atoms with Gasteiger partial charge in [0.05, 0.1) is 11.9 Å². The third-order valence-corrected chi connectivity index (χ3v) is 0.415. The minimum Gasteiger partial charge on any atom is -0.295 e. The van der Waals surface area contributed by atoms with Gasteiger partial charge in [0, 0.05) is 0 Å². The fraction of sp³-hybridized carbons (Fsp3) is 0.333. The van der Waals surface area contributed by atoms with Crippen molar-refractivity contribution >= 4 is 11.9 Å². The minimum absolute atomic E-state index is 3.33. The van der Waals surface area contributed by atoms with Gasteiger partial charge in [0.25, 0.3) is 5.83 Å². The van der Waals surface area contributed by atoms with E-state index in [-0.39, 0.29) is 0 Å². The first-order valence-corrected chi connectivity index (χ1v) is 2.14. The Hall–Kier alpha value is -0.430. The molecule has 0 bridgehead atoms. The van der Waals surface area contributed by atoms with Crippen molar-refractivity contribution in [3.8, 4) is 0 Å². The van der Waals surface area contributed by atoms with Crippen molar-refractivity contribution in [2.75, 3.05) is 0 Å². The van der Waals surface area contributed by atoms with E-state index >= 15 is 0 Å². The first-order chi connectivity index (χ1) is 4.85. The molecule has 8 heteroatoms. The molecule has 0 atom stereocenters. The number of allylic oxidation sites excluding steroid dienone is 1. The molecule has 1 N–H and O–H groups in total. The Morgan fingerprint density at radius 3 is 1.27 bits per heavy atom. The lowest BCUT2D eigenvalue weighted by Gasteiger charge is -1.98. The molecular formula is C3HClF6O. The van der Waals surface area contributed by atoms with Gasteiger partial charge >= 0.3 is 12.3 Å². The molecule has 0 fully saturated rings. The molecular weight excluding hydrogens is 201 g/mol. The molecule has 0 aliphatic heterocycles. The van der Waals surface area contributed by atoms with Crippen LogP contribution in [-0.4, -0.2) is 10.8 Å². The number of hydrogen-bond acceptors (Lipinski definition) is 1. The smallest absolute Gasteiger partial charge is 0.295 e. The van der Waals surface area contributed by atoms with Crippen LogP contribution >= 0.6 is 11.9 Å². The van der Waals surface area contributed by atoms with Gasteiger partial charge < -0.3 is 0 Å². The van der Waals surface area contributed by atoms with Crippen LogP contribution in [0.3, 0.4) is 0 Å². The first kappa shape index (κ1) is 13.2. The molecule has 1 nitrogen and oxygen atoms in total. The summed E-state index contributed by atoms with van der Waals surface area (Å²) in [7, 11) is 0. The van der Waals surface area contributed by atoms with E-state index < -0.39 is 18.1 Å². The van der Waals surface area contributed by atoms with Crippen LogP contribution in [0.1, 0.15) is 0 Å². The van der Waals surface area contributed by atoms with Crippen molar-refractivity contribution in [1.82, 2.24) is 0 Å². The second-order valence-corrected chi connectivity index (χ2v) is 1.07. The van der Waals surface area contributed by atoms with Gasteiger partial charge in [0.15, 0.2) is 0 Å². The molecule has 0 aromatic rings. The molecule has 0 saturated heterocycles. The Labute approximate surface area is 62.0 Å². The minimum atomic E-state index is -5.56. The number of alkyl halides is 3. The largest absolute Gasteiger partial charge is 0.448 e. The molecule has 0 radical (unpaired) electrons. The summed E-state index contributed by atoms with van der Waals surface area (Å²) in [5, 5.41) is 0.